The largest absolute Gasteiger partial charge is 0.444 e. The summed E-state index contributed by atoms with van der Waals surface area (Å²) in [5.74, 6) is -0.267. The van der Waals surface area contributed by atoms with E-state index in [1.165, 1.54) is 0 Å². The number of halogens is 1. The number of ketones is 1. The molecule has 2 aliphatic heterocycles. The first-order valence-corrected chi connectivity index (χ1v) is 8.65. The Kier molecular flexibility index (Phi) is 3.31. The Bertz CT molecular complexity index is 957. The number of benzene rings is 1. The third kappa shape index (κ3) is 1.94. The zero-order valence-electron chi connectivity index (χ0n) is 13.4. The third-order valence-corrected chi connectivity index (χ3v) is 5.43. The lowest BCUT2D eigenvalue weighted by molar-refractivity contribution is -0.123. The van der Waals surface area contributed by atoms with E-state index in [1.807, 2.05) is 13.0 Å². The van der Waals surface area contributed by atoms with Crippen molar-refractivity contribution in [2.45, 2.75) is 25.2 Å². The highest BCUT2D eigenvalue weighted by molar-refractivity contribution is 9.10. The molecule has 1 aliphatic carbocycles. The van der Waals surface area contributed by atoms with Gasteiger partial charge in [0.05, 0.1) is 5.57 Å². The summed E-state index contributed by atoms with van der Waals surface area (Å²) < 4.78 is 6.36. The fourth-order valence-corrected chi connectivity index (χ4v) is 4.34. The predicted molar refractivity (Wildman–Crippen MR) is 92.8 cm³/mol. The van der Waals surface area contributed by atoms with E-state index in [0.29, 0.717) is 29.9 Å². The number of nitriles is 1. The van der Waals surface area contributed by atoms with E-state index in [-0.39, 0.29) is 28.7 Å². The Morgan fingerprint density at radius 2 is 2.16 bits per heavy atom. The number of nitrogens with two attached hydrogens (primary N) is 1. The molecule has 1 aromatic carbocycles. The molecule has 0 fully saturated rings. The second kappa shape index (κ2) is 5.20. The lowest BCUT2D eigenvalue weighted by atomic mass is 9.64. The number of Topliss-reactive ketones (excluding diaryl/α,β-unsaturated/α-hetero) is 1. The molecule has 0 radical (unpaired) electrons. The summed E-state index contributed by atoms with van der Waals surface area (Å²) in [7, 11) is 0. The van der Waals surface area contributed by atoms with Crippen molar-refractivity contribution < 1.29 is 14.3 Å². The van der Waals surface area contributed by atoms with E-state index >= 15 is 0 Å². The topological polar surface area (TPSA) is 105 Å². The predicted octanol–water partition coefficient (Wildman–Crippen LogP) is 2.62. The van der Waals surface area contributed by atoms with Crippen LogP contribution >= 0.6 is 15.9 Å². The maximum atomic E-state index is 13.1. The minimum atomic E-state index is -1.54. The number of ether oxygens (including phenoxy) is 1. The van der Waals surface area contributed by atoms with Crippen molar-refractivity contribution in [3.05, 3.63) is 51.0 Å². The standard InChI is InChI=1S/C18H14BrN3O3/c1-8-4-13(23)15-14(5-8)25-16(21)11(7-20)18(15)10-6-9(19)2-3-12(10)22-17(18)24/h2-3,6,8H,4-5,21H2,1H3,(H,22,24)/t8-,18+/m0/s1. The Morgan fingerprint density at radius 1 is 1.40 bits per heavy atom. The van der Waals surface area contributed by atoms with Crippen LogP contribution in [0.5, 0.6) is 0 Å². The van der Waals surface area contributed by atoms with Gasteiger partial charge in [-0.05, 0) is 24.1 Å². The van der Waals surface area contributed by atoms with Crippen LogP contribution in [0.25, 0.3) is 0 Å². The fraction of sp³-hybridized carbons (Fsp3) is 0.278. The number of amides is 1. The summed E-state index contributed by atoms with van der Waals surface area (Å²) >= 11 is 3.40. The van der Waals surface area contributed by atoms with Crippen molar-refractivity contribution in [2.75, 3.05) is 5.32 Å². The smallest absolute Gasteiger partial charge is 0.245 e. The normalized spacial score (nSPS) is 27.6. The van der Waals surface area contributed by atoms with Gasteiger partial charge >= 0.3 is 0 Å². The van der Waals surface area contributed by atoms with Crippen molar-refractivity contribution in [3.8, 4) is 6.07 Å². The van der Waals surface area contributed by atoms with Crippen molar-refractivity contribution in [2.24, 2.45) is 11.7 Å². The molecule has 2 atom stereocenters. The fourth-order valence-electron chi connectivity index (χ4n) is 3.98. The molecule has 25 heavy (non-hydrogen) atoms. The van der Waals surface area contributed by atoms with Crippen LogP contribution in [0.3, 0.4) is 0 Å². The van der Waals surface area contributed by atoms with Gasteiger partial charge in [-0.25, -0.2) is 0 Å². The Labute approximate surface area is 152 Å². The molecule has 1 amide bonds. The molecule has 0 bridgehead atoms. The van der Waals surface area contributed by atoms with E-state index in [0.717, 1.165) is 4.47 Å². The van der Waals surface area contributed by atoms with Gasteiger partial charge in [0.15, 0.2) is 5.78 Å². The minimum Gasteiger partial charge on any atom is -0.444 e. The molecule has 6 nitrogen and oxygen atoms in total. The molecule has 0 aromatic heterocycles. The molecule has 7 heteroatoms. The summed E-state index contributed by atoms with van der Waals surface area (Å²) in [5, 5.41) is 12.5. The maximum Gasteiger partial charge on any atom is 0.245 e. The first-order chi connectivity index (χ1) is 11.9. The van der Waals surface area contributed by atoms with Gasteiger partial charge in [-0.2, -0.15) is 5.26 Å². The van der Waals surface area contributed by atoms with Crippen molar-refractivity contribution in [3.63, 3.8) is 0 Å². The summed E-state index contributed by atoms with van der Waals surface area (Å²) in [6, 6.07) is 7.29. The number of hydrogen-bond acceptors (Lipinski definition) is 5. The quantitative estimate of drug-likeness (QED) is 0.697. The number of fused-ring (bicyclic) bond motifs is 3. The highest BCUT2D eigenvalue weighted by Gasteiger charge is 2.60. The second-order valence-corrected chi connectivity index (χ2v) is 7.50. The van der Waals surface area contributed by atoms with Crippen molar-refractivity contribution >= 4 is 33.3 Å². The van der Waals surface area contributed by atoms with E-state index in [2.05, 4.69) is 21.2 Å². The van der Waals surface area contributed by atoms with Gasteiger partial charge in [0.25, 0.3) is 0 Å². The Morgan fingerprint density at radius 3 is 2.88 bits per heavy atom. The Balaban J connectivity index is 2.11. The minimum absolute atomic E-state index is 0.0384. The Hall–Kier alpha value is -2.59. The second-order valence-electron chi connectivity index (χ2n) is 6.58. The maximum absolute atomic E-state index is 13.1. The molecule has 4 rings (SSSR count). The van der Waals surface area contributed by atoms with Crippen LogP contribution in [-0.2, 0) is 19.7 Å². The van der Waals surface area contributed by atoms with E-state index in [4.69, 9.17) is 10.5 Å². The van der Waals surface area contributed by atoms with Gasteiger partial charge in [-0.15, -0.1) is 0 Å². The number of nitrogens with zero attached hydrogens (tertiary/aromatic N) is 1. The van der Waals surface area contributed by atoms with E-state index in [1.54, 1.807) is 18.2 Å². The van der Waals surface area contributed by atoms with Gasteiger partial charge in [-0.1, -0.05) is 22.9 Å². The number of nitrogens with one attached hydrogen (secondary N) is 1. The van der Waals surface area contributed by atoms with Gasteiger partial charge < -0.3 is 15.8 Å². The molecule has 1 aromatic rings. The zero-order valence-corrected chi connectivity index (χ0v) is 14.9. The highest BCUT2D eigenvalue weighted by atomic mass is 79.9. The molecular weight excluding hydrogens is 386 g/mol. The molecule has 2 heterocycles. The van der Waals surface area contributed by atoms with E-state index in [9.17, 15) is 14.9 Å². The number of rotatable bonds is 0. The first-order valence-electron chi connectivity index (χ1n) is 7.86. The van der Waals surface area contributed by atoms with Crippen LogP contribution < -0.4 is 11.1 Å². The van der Waals surface area contributed by atoms with Gasteiger partial charge in [-0.3, -0.25) is 9.59 Å². The molecule has 1 spiro atoms. The van der Waals surface area contributed by atoms with Gasteiger partial charge in [0.1, 0.15) is 22.8 Å². The summed E-state index contributed by atoms with van der Waals surface area (Å²) in [6.45, 7) is 1.94. The lowest BCUT2D eigenvalue weighted by Gasteiger charge is -2.38. The summed E-state index contributed by atoms with van der Waals surface area (Å²) in [5.41, 5.74) is 5.77. The lowest BCUT2D eigenvalue weighted by Crippen LogP contribution is -2.47. The monoisotopic (exact) mass is 399 g/mol. The number of carbonyl (C=O) groups is 2. The number of allylic oxidation sites excluding steroid dienone is 1. The van der Waals surface area contributed by atoms with Crippen molar-refractivity contribution in [1.82, 2.24) is 0 Å². The molecular formula is C18H14BrN3O3. The molecule has 0 unspecified atom stereocenters. The van der Waals surface area contributed by atoms with Crippen LogP contribution in [-0.4, -0.2) is 11.7 Å². The summed E-state index contributed by atoms with van der Waals surface area (Å²) in [6.07, 6.45) is 0.804. The molecule has 126 valence electrons. The van der Waals surface area contributed by atoms with Gasteiger partial charge in [0, 0.05) is 28.6 Å². The van der Waals surface area contributed by atoms with E-state index < -0.39 is 11.3 Å². The number of anilines is 1. The van der Waals surface area contributed by atoms with Crippen molar-refractivity contribution in [1.29, 1.82) is 5.26 Å². The number of carbonyl (C=O) groups excluding carboxylic acids is 2. The summed E-state index contributed by atoms with van der Waals surface area (Å²) in [4.78, 5) is 26.0. The SMILES string of the molecule is C[C@H]1CC(=O)C2=C(C1)OC(N)=C(C#N)[C@@]21C(=O)Nc2ccc(Br)cc21. The average Bonchev–Trinajstić information content (AvgIpc) is 2.80. The molecule has 3 N–H and O–H groups in total. The van der Waals surface area contributed by atoms with Crippen LogP contribution in [0.4, 0.5) is 5.69 Å². The van der Waals surface area contributed by atoms with Crippen LogP contribution in [0.2, 0.25) is 0 Å². The first kappa shape index (κ1) is 15.9. The molecule has 3 aliphatic rings. The average molecular weight is 400 g/mol. The van der Waals surface area contributed by atoms with Crippen LogP contribution in [0.15, 0.2) is 45.5 Å². The number of hydrogen-bond donors (Lipinski definition) is 2. The van der Waals surface area contributed by atoms with Gasteiger partial charge in [0.2, 0.25) is 11.8 Å². The van der Waals surface area contributed by atoms with Crippen LogP contribution in [0, 0.1) is 17.2 Å². The third-order valence-electron chi connectivity index (χ3n) is 4.94. The molecule has 0 saturated heterocycles. The highest BCUT2D eigenvalue weighted by Crippen LogP contribution is 2.54. The van der Waals surface area contributed by atoms with Crippen LogP contribution in [0.1, 0.15) is 25.3 Å². The zero-order chi connectivity index (χ0) is 17.9. The molecule has 0 saturated carbocycles.